The minimum Gasteiger partial charge on any atom is -0.508 e. The number of rotatable bonds is 7. The Balaban J connectivity index is 0.000000413. The number of allylic oxidation sites excluding steroid dienone is 1. The summed E-state index contributed by atoms with van der Waals surface area (Å²) in [5.74, 6) is 1.26. The zero-order valence-electron chi connectivity index (χ0n) is 14.5. The normalized spacial score (nSPS) is 9.58. The molecular formula is C21H26O3. The van der Waals surface area contributed by atoms with E-state index in [1.807, 2.05) is 56.3 Å². The van der Waals surface area contributed by atoms with Crippen LogP contribution in [0.3, 0.4) is 0 Å². The highest BCUT2D eigenvalue weighted by Crippen LogP contribution is 2.25. The first kappa shape index (κ1) is 19.5. The third kappa shape index (κ3) is 7.14. The number of ketones is 1. The van der Waals surface area contributed by atoms with Crippen LogP contribution in [0.5, 0.6) is 11.5 Å². The van der Waals surface area contributed by atoms with Crippen molar-refractivity contribution in [2.75, 3.05) is 0 Å². The van der Waals surface area contributed by atoms with Crippen molar-refractivity contribution in [3.8, 4) is 11.5 Å². The maximum Gasteiger partial charge on any atom is 0.132 e. The molecule has 0 fully saturated rings. The van der Waals surface area contributed by atoms with E-state index in [0.29, 0.717) is 31.0 Å². The summed E-state index contributed by atoms with van der Waals surface area (Å²) in [6, 6.07) is 15.1. The van der Waals surface area contributed by atoms with Crippen LogP contribution in [0.4, 0.5) is 0 Å². The smallest absolute Gasteiger partial charge is 0.132 e. The number of Topliss-reactive ketones (excluding diaryl/α,β-unsaturated/α-hetero) is 1. The zero-order chi connectivity index (χ0) is 17.8. The van der Waals surface area contributed by atoms with Gasteiger partial charge in [-0.1, -0.05) is 56.3 Å². The van der Waals surface area contributed by atoms with Gasteiger partial charge < -0.3 is 9.84 Å². The molecule has 0 radical (unpaired) electrons. The van der Waals surface area contributed by atoms with Gasteiger partial charge in [-0.3, -0.25) is 4.79 Å². The van der Waals surface area contributed by atoms with Crippen LogP contribution in [0.1, 0.15) is 37.8 Å². The molecule has 0 aromatic heterocycles. The van der Waals surface area contributed by atoms with Crippen molar-refractivity contribution < 1.29 is 14.6 Å². The van der Waals surface area contributed by atoms with Crippen LogP contribution in [0.15, 0.2) is 61.2 Å². The average Bonchev–Trinajstić information content (AvgIpc) is 2.62. The van der Waals surface area contributed by atoms with E-state index in [1.54, 1.807) is 12.1 Å². The molecule has 0 aliphatic heterocycles. The fourth-order valence-corrected chi connectivity index (χ4v) is 1.99. The Morgan fingerprint density at radius 3 is 2.33 bits per heavy atom. The molecule has 0 saturated heterocycles. The van der Waals surface area contributed by atoms with Crippen molar-refractivity contribution in [3.05, 3.63) is 72.3 Å². The van der Waals surface area contributed by atoms with Crippen molar-refractivity contribution in [2.45, 2.75) is 39.7 Å². The summed E-state index contributed by atoms with van der Waals surface area (Å²) in [5, 5.41) is 9.50. The van der Waals surface area contributed by atoms with Gasteiger partial charge in [-0.15, -0.1) is 6.58 Å². The van der Waals surface area contributed by atoms with Crippen molar-refractivity contribution in [1.82, 2.24) is 0 Å². The number of aromatic hydroxyl groups is 1. The molecule has 0 aliphatic rings. The van der Waals surface area contributed by atoms with E-state index >= 15 is 0 Å². The van der Waals surface area contributed by atoms with Crippen molar-refractivity contribution >= 4 is 5.78 Å². The fraction of sp³-hybridized carbons (Fsp3) is 0.286. The van der Waals surface area contributed by atoms with Crippen LogP contribution in [0.2, 0.25) is 0 Å². The average molecular weight is 326 g/mol. The molecule has 3 nitrogen and oxygen atoms in total. The Kier molecular flexibility index (Phi) is 8.98. The standard InChI is InChI=1S/C16H16O2.C5H10O/c1-2-6-14-9-10-15(17)11-16(14)18-12-13-7-4-3-5-8-13;1-3-5(6)4-2/h2-5,7-11,17H,1,6,12H2;3-4H2,1-2H3. The lowest BCUT2D eigenvalue weighted by Gasteiger charge is -2.11. The molecule has 0 bridgehead atoms. The molecule has 128 valence electrons. The molecule has 0 saturated carbocycles. The highest BCUT2D eigenvalue weighted by Gasteiger charge is 2.04. The number of phenols is 1. The molecular weight excluding hydrogens is 300 g/mol. The van der Waals surface area contributed by atoms with E-state index in [4.69, 9.17) is 4.74 Å². The van der Waals surface area contributed by atoms with Gasteiger partial charge in [0, 0.05) is 18.9 Å². The van der Waals surface area contributed by atoms with Gasteiger partial charge in [-0.05, 0) is 23.6 Å². The number of hydrogen-bond donors (Lipinski definition) is 1. The third-order valence-electron chi connectivity index (χ3n) is 3.44. The van der Waals surface area contributed by atoms with Crippen LogP contribution >= 0.6 is 0 Å². The summed E-state index contributed by atoms with van der Waals surface area (Å²) in [6.07, 6.45) is 3.93. The number of benzene rings is 2. The predicted molar refractivity (Wildman–Crippen MR) is 98.4 cm³/mol. The molecule has 1 N–H and O–H groups in total. The largest absolute Gasteiger partial charge is 0.508 e. The highest BCUT2D eigenvalue weighted by molar-refractivity contribution is 5.77. The number of phenolic OH excluding ortho intramolecular Hbond substituents is 1. The van der Waals surface area contributed by atoms with E-state index in [0.717, 1.165) is 17.5 Å². The summed E-state index contributed by atoms with van der Waals surface area (Å²) in [4.78, 5) is 10.2. The van der Waals surface area contributed by atoms with Crippen LogP contribution in [0, 0.1) is 0 Å². The molecule has 24 heavy (non-hydrogen) atoms. The first-order valence-electron chi connectivity index (χ1n) is 8.21. The SMILES string of the molecule is C=CCc1ccc(O)cc1OCc1ccccc1.CCC(=O)CC. The Morgan fingerprint density at radius 1 is 1.12 bits per heavy atom. The second kappa shape index (κ2) is 11.1. The van der Waals surface area contributed by atoms with Gasteiger partial charge in [-0.2, -0.15) is 0 Å². The molecule has 3 heteroatoms. The third-order valence-corrected chi connectivity index (χ3v) is 3.44. The summed E-state index contributed by atoms with van der Waals surface area (Å²) >= 11 is 0. The number of hydrogen-bond acceptors (Lipinski definition) is 3. The van der Waals surface area contributed by atoms with E-state index in [1.165, 1.54) is 0 Å². The number of ether oxygens (including phenoxy) is 1. The first-order chi connectivity index (χ1) is 11.6. The number of carbonyl (C=O) groups is 1. The highest BCUT2D eigenvalue weighted by atomic mass is 16.5. The van der Waals surface area contributed by atoms with Gasteiger partial charge in [0.2, 0.25) is 0 Å². The van der Waals surface area contributed by atoms with Gasteiger partial charge in [0.25, 0.3) is 0 Å². The van der Waals surface area contributed by atoms with E-state index in [2.05, 4.69) is 6.58 Å². The Labute approximate surface area is 144 Å². The maximum absolute atomic E-state index is 10.2. The lowest BCUT2D eigenvalue weighted by Crippen LogP contribution is -1.98. The van der Waals surface area contributed by atoms with E-state index in [-0.39, 0.29) is 5.75 Å². The topological polar surface area (TPSA) is 46.5 Å². The molecule has 2 aromatic rings. The molecule has 0 unspecified atom stereocenters. The maximum atomic E-state index is 10.2. The van der Waals surface area contributed by atoms with Crippen LogP contribution in [-0.4, -0.2) is 10.9 Å². The Hall–Kier alpha value is -2.55. The van der Waals surface area contributed by atoms with Gasteiger partial charge in [-0.25, -0.2) is 0 Å². The Morgan fingerprint density at radius 2 is 1.79 bits per heavy atom. The minimum absolute atomic E-state index is 0.214. The minimum atomic E-state index is 0.214. The number of carbonyl (C=O) groups excluding carboxylic acids is 1. The second-order valence-corrected chi connectivity index (χ2v) is 5.30. The molecule has 0 spiro atoms. The zero-order valence-corrected chi connectivity index (χ0v) is 14.5. The van der Waals surface area contributed by atoms with Crippen molar-refractivity contribution in [3.63, 3.8) is 0 Å². The van der Waals surface area contributed by atoms with Crippen LogP contribution < -0.4 is 4.74 Å². The lowest BCUT2D eigenvalue weighted by molar-refractivity contribution is -0.118. The summed E-state index contributed by atoms with van der Waals surface area (Å²) < 4.78 is 5.75. The second-order valence-electron chi connectivity index (χ2n) is 5.30. The fourth-order valence-electron chi connectivity index (χ4n) is 1.99. The molecule has 2 rings (SSSR count). The van der Waals surface area contributed by atoms with Crippen LogP contribution in [-0.2, 0) is 17.8 Å². The molecule has 0 amide bonds. The van der Waals surface area contributed by atoms with Crippen molar-refractivity contribution in [2.24, 2.45) is 0 Å². The quantitative estimate of drug-likeness (QED) is 0.722. The summed E-state index contributed by atoms with van der Waals surface area (Å²) in [7, 11) is 0. The predicted octanol–water partition coefficient (Wildman–Crippen LogP) is 5.08. The Bertz CT molecular complexity index is 627. The summed E-state index contributed by atoms with van der Waals surface area (Å²) in [6.45, 7) is 7.98. The van der Waals surface area contributed by atoms with Gasteiger partial charge >= 0.3 is 0 Å². The lowest BCUT2D eigenvalue weighted by atomic mass is 10.1. The van der Waals surface area contributed by atoms with Gasteiger partial charge in [0.1, 0.15) is 23.9 Å². The van der Waals surface area contributed by atoms with E-state index < -0.39 is 0 Å². The molecule has 2 aromatic carbocycles. The van der Waals surface area contributed by atoms with Gasteiger partial charge in [0.05, 0.1) is 0 Å². The monoisotopic (exact) mass is 326 g/mol. The first-order valence-corrected chi connectivity index (χ1v) is 8.21. The molecule has 0 aliphatic carbocycles. The van der Waals surface area contributed by atoms with Crippen LogP contribution in [0.25, 0.3) is 0 Å². The molecule has 0 atom stereocenters. The van der Waals surface area contributed by atoms with Gasteiger partial charge in [0.15, 0.2) is 0 Å². The van der Waals surface area contributed by atoms with E-state index in [9.17, 15) is 9.90 Å². The summed E-state index contributed by atoms with van der Waals surface area (Å²) in [5.41, 5.74) is 2.13. The molecule has 0 heterocycles. The van der Waals surface area contributed by atoms with Crippen molar-refractivity contribution in [1.29, 1.82) is 0 Å².